The van der Waals surface area contributed by atoms with Gasteiger partial charge in [0, 0.05) is 38.4 Å². The quantitative estimate of drug-likeness (QED) is 0.707. The molecule has 3 rings (SSSR count). The smallest absolute Gasteiger partial charge is 0.271 e. The summed E-state index contributed by atoms with van der Waals surface area (Å²) in [6.45, 7) is 6.38. The summed E-state index contributed by atoms with van der Waals surface area (Å²) >= 11 is 0. The average molecular weight is 383 g/mol. The Morgan fingerprint density at radius 1 is 1.04 bits per heavy atom. The minimum atomic E-state index is -0.153. The molecule has 1 amide bonds. The summed E-state index contributed by atoms with van der Waals surface area (Å²) in [5, 5.41) is 2.89. The van der Waals surface area contributed by atoms with Crippen molar-refractivity contribution < 1.29 is 9.53 Å². The number of ether oxygens (including phenoxy) is 1. The van der Waals surface area contributed by atoms with Crippen molar-refractivity contribution in [2.75, 3.05) is 49.6 Å². The normalized spacial score (nSPS) is 14.1. The molecule has 150 valence electrons. The van der Waals surface area contributed by atoms with Gasteiger partial charge in [-0.25, -0.2) is 9.97 Å². The summed E-state index contributed by atoms with van der Waals surface area (Å²) in [5.41, 5.74) is 1.57. The van der Waals surface area contributed by atoms with E-state index in [0.717, 1.165) is 57.0 Å². The van der Waals surface area contributed by atoms with E-state index in [9.17, 15) is 4.79 Å². The number of hydrogen-bond acceptors (Lipinski definition) is 6. The van der Waals surface area contributed by atoms with E-state index in [4.69, 9.17) is 4.74 Å². The summed E-state index contributed by atoms with van der Waals surface area (Å²) in [7, 11) is 1.68. The van der Waals surface area contributed by atoms with E-state index in [0.29, 0.717) is 12.2 Å². The van der Waals surface area contributed by atoms with Crippen molar-refractivity contribution in [3.05, 3.63) is 42.4 Å². The molecule has 0 saturated carbocycles. The Morgan fingerprint density at radius 2 is 1.75 bits per heavy atom. The van der Waals surface area contributed by atoms with E-state index in [1.807, 2.05) is 12.1 Å². The van der Waals surface area contributed by atoms with Crippen LogP contribution in [-0.4, -0.2) is 55.7 Å². The van der Waals surface area contributed by atoms with Gasteiger partial charge in [0.05, 0.1) is 19.5 Å². The number of hydrogen-bond donors (Lipinski definition) is 1. The fourth-order valence-electron chi connectivity index (χ4n) is 3.26. The van der Waals surface area contributed by atoms with Crippen molar-refractivity contribution in [1.82, 2.24) is 15.3 Å². The maximum atomic E-state index is 12.1. The predicted molar refractivity (Wildman–Crippen MR) is 111 cm³/mol. The van der Waals surface area contributed by atoms with Crippen LogP contribution in [0.2, 0.25) is 0 Å². The number of nitrogens with one attached hydrogen (secondary N) is 1. The first-order valence-electron chi connectivity index (χ1n) is 9.95. The van der Waals surface area contributed by atoms with Gasteiger partial charge in [0.1, 0.15) is 17.3 Å². The largest absolute Gasteiger partial charge is 0.497 e. The average Bonchev–Trinajstić information content (AvgIpc) is 2.77. The van der Waals surface area contributed by atoms with Crippen LogP contribution in [0.15, 0.2) is 36.7 Å². The molecular formula is C21H29N5O2. The van der Waals surface area contributed by atoms with Gasteiger partial charge in [-0.3, -0.25) is 4.79 Å². The molecule has 0 spiro atoms. The summed E-state index contributed by atoms with van der Waals surface area (Å²) in [4.78, 5) is 25.4. The zero-order chi connectivity index (χ0) is 19.8. The van der Waals surface area contributed by atoms with Gasteiger partial charge in [-0.05, 0) is 30.7 Å². The van der Waals surface area contributed by atoms with E-state index in [1.54, 1.807) is 19.5 Å². The molecule has 28 heavy (non-hydrogen) atoms. The fraction of sp³-hybridized carbons (Fsp3) is 0.476. The molecule has 0 unspecified atom stereocenters. The first-order valence-corrected chi connectivity index (χ1v) is 9.95. The van der Waals surface area contributed by atoms with Crippen molar-refractivity contribution in [3.8, 4) is 5.75 Å². The van der Waals surface area contributed by atoms with Gasteiger partial charge in [0.25, 0.3) is 5.91 Å². The lowest BCUT2D eigenvalue weighted by Gasteiger charge is -2.36. The highest BCUT2D eigenvalue weighted by molar-refractivity contribution is 5.91. The third-order valence-electron chi connectivity index (χ3n) is 4.98. The molecule has 1 fully saturated rings. The lowest BCUT2D eigenvalue weighted by molar-refractivity contribution is 0.0947. The van der Waals surface area contributed by atoms with Gasteiger partial charge < -0.3 is 19.9 Å². The van der Waals surface area contributed by atoms with Crippen molar-refractivity contribution in [2.45, 2.75) is 26.2 Å². The second-order valence-electron chi connectivity index (χ2n) is 6.89. The van der Waals surface area contributed by atoms with Gasteiger partial charge in [-0.15, -0.1) is 0 Å². The van der Waals surface area contributed by atoms with E-state index in [1.165, 1.54) is 5.69 Å². The molecule has 1 aromatic heterocycles. The van der Waals surface area contributed by atoms with E-state index < -0.39 is 0 Å². The summed E-state index contributed by atoms with van der Waals surface area (Å²) in [5.74, 6) is 1.53. The topological polar surface area (TPSA) is 70.6 Å². The maximum absolute atomic E-state index is 12.1. The van der Waals surface area contributed by atoms with Crippen molar-refractivity contribution in [3.63, 3.8) is 0 Å². The second-order valence-corrected chi connectivity index (χ2v) is 6.89. The van der Waals surface area contributed by atoms with Crippen LogP contribution in [0.3, 0.4) is 0 Å². The molecule has 2 heterocycles. The molecule has 1 aliphatic heterocycles. The standard InChI is InChI=1S/C21H29N5O2/c1-3-4-5-10-22-21(27)19-15-24-20(16-23-19)26-13-11-25(12-14-26)17-6-8-18(28-2)9-7-17/h6-9,15-16H,3-5,10-14H2,1-2H3,(H,22,27). The molecule has 0 radical (unpaired) electrons. The Morgan fingerprint density at radius 3 is 2.36 bits per heavy atom. The van der Waals surface area contributed by atoms with E-state index in [-0.39, 0.29) is 5.91 Å². The molecular weight excluding hydrogens is 354 g/mol. The molecule has 7 nitrogen and oxygen atoms in total. The molecule has 1 N–H and O–H groups in total. The lowest BCUT2D eigenvalue weighted by Crippen LogP contribution is -2.46. The zero-order valence-electron chi connectivity index (χ0n) is 16.7. The molecule has 1 aliphatic rings. The highest BCUT2D eigenvalue weighted by atomic mass is 16.5. The third kappa shape index (κ3) is 5.12. The highest BCUT2D eigenvalue weighted by Gasteiger charge is 2.19. The number of methoxy groups -OCH3 is 1. The Bertz CT molecular complexity index is 740. The number of carbonyl (C=O) groups is 1. The van der Waals surface area contributed by atoms with Crippen LogP contribution in [0.4, 0.5) is 11.5 Å². The molecule has 0 bridgehead atoms. The van der Waals surface area contributed by atoms with Gasteiger partial charge >= 0.3 is 0 Å². The van der Waals surface area contributed by atoms with Crippen LogP contribution in [0.1, 0.15) is 36.7 Å². The fourth-order valence-corrected chi connectivity index (χ4v) is 3.26. The Balaban J connectivity index is 1.50. The van der Waals surface area contributed by atoms with Crippen LogP contribution in [0, 0.1) is 0 Å². The molecule has 1 aromatic carbocycles. The molecule has 0 atom stereocenters. The van der Waals surface area contributed by atoms with Crippen LogP contribution in [0.25, 0.3) is 0 Å². The van der Waals surface area contributed by atoms with Crippen molar-refractivity contribution >= 4 is 17.4 Å². The number of benzene rings is 1. The number of unbranched alkanes of at least 4 members (excludes halogenated alkanes) is 2. The Kier molecular flexibility index (Phi) is 7.06. The van der Waals surface area contributed by atoms with Gasteiger partial charge in [-0.1, -0.05) is 19.8 Å². The minimum absolute atomic E-state index is 0.153. The summed E-state index contributed by atoms with van der Waals surface area (Å²) < 4.78 is 5.22. The number of nitrogens with zero attached hydrogens (tertiary/aromatic N) is 4. The predicted octanol–water partition coefficient (Wildman–Crippen LogP) is 2.73. The third-order valence-corrected chi connectivity index (χ3v) is 4.98. The van der Waals surface area contributed by atoms with Crippen LogP contribution < -0.4 is 19.9 Å². The Labute approximate surface area is 166 Å². The Hall–Kier alpha value is -2.83. The number of piperazine rings is 1. The van der Waals surface area contributed by atoms with Crippen LogP contribution in [-0.2, 0) is 0 Å². The molecule has 0 aliphatic carbocycles. The number of amides is 1. The number of anilines is 2. The van der Waals surface area contributed by atoms with Crippen LogP contribution >= 0.6 is 0 Å². The van der Waals surface area contributed by atoms with Crippen LogP contribution in [0.5, 0.6) is 5.75 Å². The molecule has 7 heteroatoms. The van der Waals surface area contributed by atoms with E-state index >= 15 is 0 Å². The minimum Gasteiger partial charge on any atom is -0.497 e. The SMILES string of the molecule is CCCCCNC(=O)c1cnc(N2CCN(c3ccc(OC)cc3)CC2)cn1. The highest BCUT2D eigenvalue weighted by Crippen LogP contribution is 2.21. The number of aromatic nitrogens is 2. The maximum Gasteiger partial charge on any atom is 0.271 e. The van der Waals surface area contributed by atoms with Gasteiger partial charge in [-0.2, -0.15) is 0 Å². The lowest BCUT2D eigenvalue weighted by atomic mass is 10.2. The monoisotopic (exact) mass is 383 g/mol. The number of rotatable bonds is 8. The number of carbonyl (C=O) groups excluding carboxylic acids is 1. The first kappa shape index (κ1) is 19.9. The van der Waals surface area contributed by atoms with Gasteiger partial charge in [0.2, 0.25) is 0 Å². The first-order chi connectivity index (χ1) is 13.7. The summed E-state index contributed by atoms with van der Waals surface area (Å²) in [6.07, 6.45) is 6.51. The second kappa shape index (κ2) is 9.92. The molecule has 2 aromatic rings. The zero-order valence-corrected chi connectivity index (χ0v) is 16.7. The van der Waals surface area contributed by atoms with E-state index in [2.05, 4.69) is 44.1 Å². The summed E-state index contributed by atoms with van der Waals surface area (Å²) in [6, 6.07) is 8.14. The van der Waals surface area contributed by atoms with Crippen molar-refractivity contribution in [2.24, 2.45) is 0 Å². The molecule has 1 saturated heterocycles. The van der Waals surface area contributed by atoms with Gasteiger partial charge in [0.15, 0.2) is 0 Å². The van der Waals surface area contributed by atoms with Crippen molar-refractivity contribution in [1.29, 1.82) is 0 Å².